The molecule has 1 aliphatic heterocycles. The number of aliphatic hydroxyl groups excluding tert-OH is 1. The lowest BCUT2D eigenvalue weighted by molar-refractivity contribution is -0.0423. The number of aromatic nitrogens is 2. The topological polar surface area (TPSA) is 70.5 Å². The maximum atomic E-state index is 9.40. The number of rotatable bonds is 4. The fourth-order valence-electron chi connectivity index (χ4n) is 2.92. The second-order valence-electron chi connectivity index (χ2n) is 6.06. The van der Waals surface area contributed by atoms with Crippen LogP contribution in [0.3, 0.4) is 0 Å². The summed E-state index contributed by atoms with van der Waals surface area (Å²) >= 11 is 0. The van der Waals surface area contributed by atoms with E-state index in [-0.39, 0.29) is 18.8 Å². The molecule has 1 aromatic heterocycles. The van der Waals surface area contributed by atoms with Gasteiger partial charge in [-0.2, -0.15) is 0 Å². The number of hydrogen-bond donors (Lipinski definition) is 2. The zero-order chi connectivity index (χ0) is 15.0. The molecule has 1 saturated heterocycles. The molecule has 116 valence electrons. The van der Waals surface area contributed by atoms with Gasteiger partial charge in [0.2, 0.25) is 0 Å². The fourth-order valence-corrected chi connectivity index (χ4v) is 2.92. The van der Waals surface area contributed by atoms with E-state index in [1.807, 2.05) is 20.9 Å². The van der Waals surface area contributed by atoms with Crippen molar-refractivity contribution in [1.82, 2.24) is 9.97 Å². The Labute approximate surface area is 125 Å². The van der Waals surface area contributed by atoms with Gasteiger partial charge in [-0.05, 0) is 26.7 Å². The molecule has 0 spiro atoms. The first-order valence-electron chi connectivity index (χ1n) is 7.70. The summed E-state index contributed by atoms with van der Waals surface area (Å²) in [6, 6.07) is 0. The van der Waals surface area contributed by atoms with E-state index in [1.54, 1.807) is 0 Å². The van der Waals surface area contributed by atoms with Crippen LogP contribution in [-0.2, 0) is 4.74 Å². The monoisotopic (exact) mass is 292 g/mol. The molecule has 2 atom stereocenters. The van der Waals surface area contributed by atoms with Crippen LogP contribution in [-0.4, -0.2) is 54.0 Å². The maximum absolute atomic E-state index is 9.40. The standard InChI is InChI=1S/C15H24N4O2/c1-9-6-19(7-12(8-20)21-9)15-10(2)13(16-3)17-14(18-15)11-4-5-11/h9,11-12,20H,4-8H2,1-3H3,(H,16,17,18). The molecule has 2 unspecified atom stereocenters. The quantitative estimate of drug-likeness (QED) is 0.871. The maximum Gasteiger partial charge on any atom is 0.137 e. The first-order valence-corrected chi connectivity index (χ1v) is 7.70. The minimum absolute atomic E-state index is 0.0410. The van der Waals surface area contributed by atoms with Gasteiger partial charge in [0.05, 0.1) is 18.8 Å². The Balaban J connectivity index is 1.94. The van der Waals surface area contributed by atoms with E-state index in [4.69, 9.17) is 9.72 Å². The average Bonchev–Trinajstić information content (AvgIpc) is 3.31. The van der Waals surface area contributed by atoms with E-state index < -0.39 is 0 Å². The van der Waals surface area contributed by atoms with Crippen molar-refractivity contribution in [3.63, 3.8) is 0 Å². The predicted octanol–water partition coefficient (Wildman–Crippen LogP) is 1.29. The Kier molecular flexibility index (Phi) is 3.99. The third-order valence-corrected chi connectivity index (χ3v) is 4.15. The Bertz CT molecular complexity index is 519. The lowest BCUT2D eigenvalue weighted by Gasteiger charge is -2.37. The Morgan fingerprint density at radius 3 is 2.71 bits per heavy atom. The van der Waals surface area contributed by atoms with Gasteiger partial charge in [0.25, 0.3) is 0 Å². The van der Waals surface area contributed by atoms with Crippen molar-refractivity contribution < 1.29 is 9.84 Å². The normalized spacial score (nSPS) is 26.0. The second-order valence-corrected chi connectivity index (χ2v) is 6.06. The lowest BCUT2D eigenvalue weighted by atomic mass is 10.2. The van der Waals surface area contributed by atoms with Crippen molar-refractivity contribution >= 4 is 11.6 Å². The molecular weight excluding hydrogens is 268 g/mol. The first-order chi connectivity index (χ1) is 10.1. The summed E-state index contributed by atoms with van der Waals surface area (Å²) in [6.45, 7) is 5.59. The molecular formula is C15H24N4O2. The molecule has 0 amide bonds. The van der Waals surface area contributed by atoms with Gasteiger partial charge in [-0.1, -0.05) is 0 Å². The van der Waals surface area contributed by atoms with E-state index in [0.717, 1.165) is 29.6 Å². The summed E-state index contributed by atoms with van der Waals surface area (Å²) in [5, 5.41) is 12.6. The van der Waals surface area contributed by atoms with E-state index in [0.29, 0.717) is 12.5 Å². The van der Waals surface area contributed by atoms with Crippen LogP contribution in [0.15, 0.2) is 0 Å². The van der Waals surface area contributed by atoms with Crippen LogP contribution < -0.4 is 10.2 Å². The second kappa shape index (κ2) is 5.77. The number of morpholine rings is 1. The van der Waals surface area contributed by atoms with Gasteiger partial charge >= 0.3 is 0 Å². The molecule has 6 heteroatoms. The van der Waals surface area contributed by atoms with Crippen molar-refractivity contribution in [2.45, 2.75) is 44.8 Å². The van der Waals surface area contributed by atoms with E-state index in [9.17, 15) is 5.11 Å². The molecule has 2 N–H and O–H groups in total. The number of anilines is 2. The first kappa shape index (κ1) is 14.5. The molecule has 1 aromatic rings. The molecule has 0 bridgehead atoms. The molecule has 0 radical (unpaired) electrons. The van der Waals surface area contributed by atoms with Crippen molar-refractivity contribution in [3.05, 3.63) is 11.4 Å². The van der Waals surface area contributed by atoms with Crippen LogP contribution in [0, 0.1) is 6.92 Å². The molecule has 1 aliphatic carbocycles. The van der Waals surface area contributed by atoms with Crippen molar-refractivity contribution in [1.29, 1.82) is 0 Å². The zero-order valence-electron chi connectivity index (χ0n) is 13.0. The summed E-state index contributed by atoms with van der Waals surface area (Å²) in [6.07, 6.45) is 2.31. The van der Waals surface area contributed by atoms with Crippen LogP contribution in [0.1, 0.15) is 37.1 Å². The van der Waals surface area contributed by atoms with E-state index >= 15 is 0 Å². The Hall–Kier alpha value is -1.40. The largest absolute Gasteiger partial charge is 0.394 e. The lowest BCUT2D eigenvalue weighted by Crippen LogP contribution is -2.48. The molecule has 2 heterocycles. The van der Waals surface area contributed by atoms with Crippen molar-refractivity contribution in [3.8, 4) is 0 Å². The summed E-state index contributed by atoms with van der Waals surface area (Å²) in [5.41, 5.74) is 1.06. The van der Waals surface area contributed by atoms with Crippen molar-refractivity contribution in [2.75, 3.05) is 37.0 Å². The minimum atomic E-state index is -0.148. The van der Waals surface area contributed by atoms with Gasteiger partial charge < -0.3 is 20.1 Å². The molecule has 1 saturated carbocycles. The summed E-state index contributed by atoms with van der Waals surface area (Å²) in [7, 11) is 1.90. The number of nitrogens with one attached hydrogen (secondary N) is 1. The number of aliphatic hydroxyl groups is 1. The fraction of sp³-hybridized carbons (Fsp3) is 0.733. The van der Waals surface area contributed by atoms with Gasteiger partial charge in [-0.3, -0.25) is 0 Å². The molecule has 21 heavy (non-hydrogen) atoms. The number of ether oxygens (including phenoxy) is 1. The van der Waals surface area contributed by atoms with Gasteiger partial charge in [0, 0.05) is 31.6 Å². The van der Waals surface area contributed by atoms with Gasteiger partial charge in [-0.15, -0.1) is 0 Å². The molecule has 2 fully saturated rings. The van der Waals surface area contributed by atoms with Crippen LogP contribution >= 0.6 is 0 Å². The minimum Gasteiger partial charge on any atom is -0.394 e. The average molecular weight is 292 g/mol. The van der Waals surface area contributed by atoms with Gasteiger partial charge in [0.1, 0.15) is 17.5 Å². The SMILES string of the molecule is CNc1nc(C2CC2)nc(N2CC(C)OC(CO)C2)c1C. The van der Waals surface area contributed by atoms with Gasteiger partial charge in [-0.25, -0.2) is 9.97 Å². The van der Waals surface area contributed by atoms with Crippen LogP contribution in [0.2, 0.25) is 0 Å². The Morgan fingerprint density at radius 2 is 2.10 bits per heavy atom. The summed E-state index contributed by atoms with van der Waals surface area (Å²) in [5.74, 6) is 3.34. The third kappa shape index (κ3) is 2.96. The van der Waals surface area contributed by atoms with Crippen LogP contribution in [0.25, 0.3) is 0 Å². The van der Waals surface area contributed by atoms with E-state index in [2.05, 4.69) is 15.2 Å². The van der Waals surface area contributed by atoms with Crippen molar-refractivity contribution in [2.24, 2.45) is 0 Å². The summed E-state index contributed by atoms with van der Waals surface area (Å²) in [4.78, 5) is 11.7. The Morgan fingerprint density at radius 1 is 1.33 bits per heavy atom. The highest BCUT2D eigenvalue weighted by molar-refractivity contribution is 5.59. The smallest absolute Gasteiger partial charge is 0.137 e. The van der Waals surface area contributed by atoms with Crippen LogP contribution in [0.4, 0.5) is 11.6 Å². The molecule has 6 nitrogen and oxygen atoms in total. The number of nitrogens with zero attached hydrogens (tertiary/aromatic N) is 3. The molecule has 3 rings (SSSR count). The number of hydrogen-bond acceptors (Lipinski definition) is 6. The highest BCUT2D eigenvalue weighted by Gasteiger charge is 2.31. The van der Waals surface area contributed by atoms with Gasteiger partial charge in [0.15, 0.2) is 0 Å². The van der Waals surface area contributed by atoms with Crippen LogP contribution in [0.5, 0.6) is 0 Å². The predicted molar refractivity (Wildman–Crippen MR) is 81.9 cm³/mol. The highest BCUT2D eigenvalue weighted by atomic mass is 16.5. The van der Waals surface area contributed by atoms with E-state index in [1.165, 1.54) is 12.8 Å². The highest BCUT2D eigenvalue weighted by Crippen LogP contribution is 2.40. The molecule has 2 aliphatic rings. The zero-order valence-corrected chi connectivity index (χ0v) is 13.0. The molecule has 0 aromatic carbocycles. The summed E-state index contributed by atoms with van der Waals surface area (Å²) < 4.78 is 5.72. The third-order valence-electron chi connectivity index (χ3n) is 4.15.